The number of carbonyl (C=O) groups is 2. The second-order valence-corrected chi connectivity index (χ2v) is 4.29. The van der Waals surface area contributed by atoms with Crippen LogP contribution in [0, 0.1) is 6.92 Å². The van der Waals surface area contributed by atoms with E-state index in [0.717, 1.165) is 0 Å². The van der Waals surface area contributed by atoms with Crippen LogP contribution in [0.15, 0.2) is 18.2 Å². The maximum Gasteiger partial charge on any atom is 0.335 e. The minimum atomic E-state index is -0.975. The third-order valence-corrected chi connectivity index (χ3v) is 2.25. The molecule has 1 amide bonds. The minimum absolute atomic E-state index is 0.0669. The normalized spacial score (nSPS) is 10.2. The van der Waals surface area contributed by atoms with E-state index in [-0.39, 0.29) is 24.1 Å². The Morgan fingerprint density at radius 2 is 2.06 bits per heavy atom. The van der Waals surface area contributed by atoms with Gasteiger partial charge >= 0.3 is 5.97 Å². The van der Waals surface area contributed by atoms with Crippen molar-refractivity contribution < 1.29 is 19.4 Å². The number of aryl methyl sites for hydroxylation is 1. The molecule has 0 unspecified atom stereocenters. The summed E-state index contributed by atoms with van der Waals surface area (Å²) in [6.45, 7) is 5.34. The first-order valence-corrected chi connectivity index (χ1v) is 5.66. The van der Waals surface area contributed by atoms with Gasteiger partial charge < -0.3 is 15.2 Å². The van der Waals surface area contributed by atoms with E-state index in [9.17, 15) is 9.59 Å². The van der Waals surface area contributed by atoms with Crippen LogP contribution in [0.2, 0.25) is 0 Å². The van der Waals surface area contributed by atoms with Crippen molar-refractivity contribution in [3.63, 3.8) is 0 Å². The predicted octanol–water partition coefficient (Wildman–Crippen LogP) is 1.60. The summed E-state index contributed by atoms with van der Waals surface area (Å²) in [5.41, 5.74) is 0.832. The smallest absolute Gasteiger partial charge is 0.335 e. The average molecular weight is 251 g/mol. The van der Waals surface area contributed by atoms with Crippen molar-refractivity contribution in [1.82, 2.24) is 5.32 Å². The van der Waals surface area contributed by atoms with Crippen molar-refractivity contribution in [1.29, 1.82) is 0 Å². The number of hydrogen-bond donors (Lipinski definition) is 2. The Hall–Kier alpha value is -2.04. The second-order valence-electron chi connectivity index (χ2n) is 4.29. The second kappa shape index (κ2) is 6.05. The van der Waals surface area contributed by atoms with Gasteiger partial charge in [-0.1, -0.05) is 0 Å². The Bertz CT molecular complexity index is 454. The van der Waals surface area contributed by atoms with E-state index < -0.39 is 5.97 Å². The zero-order valence-electron chi connectivity index (χ0n) is 10.7. The van der Waals surface area contributed by atoms with Gasteiger partial charge in [0.1, 0.15) is 5.75 Å². The molecule has 0 aliphatic rings. The fraction of sp³-hybridized carbons (Fsp3) is 0.385. The third-order valence-electron chi connectivity index (χ3n) is 2.25. The van der Waals surface area contributed by atoms with Gasteiger partial charge in [0.2, 0.25) is 0 Å². The molecular formula is C13H17NO4. The number of nitrogens with one attached hydrogen (secondary N) is 1. The first-order valence-electron chi connectivity index (χ1n) is 5.66. The largest absolute Gasteiger partial charge is 0.484 e. The molecule has 0 aliphatic heterocycles. The number of carboxylic acid groups (broad SMARTS) is 1. The number of aromatic carboxylic acids is 1. The maximum atomic E-state index is 11.4. The van der Waals surface area contributed by atoms with E-state index in [1.165, 1.54) is 6.07 Å². The lowest BCUT2D eigenvalue weighted by atomic mass is 10.1. The van der Waals surface area contributed by atoms with Crippen LogP contribution < -0.4 is 10.1 Å². The van der Waals surface area contributed by atoms with Gasteiger partial charge in [0.25, 0.3) is 5.91 Å². The molecule has 0 saturated carbocycles. The molecule has 1 aromatic rings. The summed E-state index contributed by atoms with van der Waals surface area (Å²) in [4.78, 5) is 22.2. The van der Waals surface area contributed by atoms with E-state index in [1.807, 2.05) is 13.8 Å². The number of amides is 1. The molecule has 0 saturated heterocycles. The lowest BCUT2D eigenvalue weighted by Crippen LogP contribution is -2.34. The van der Waals surface area contributed by atoms with Crippen LogP contribution in [0.3, 0.4) is 0 Å². The fourth-order valence-electron chi connectivity index (χ4n) is 1.48. The summed E-state index contributed by atoms with van der Waals surface area (Å²) >= 11 is 0. The highest BCUT2D eigenvalue weighted by atomic mass is 16.5. The third kappa shape index (κ3) is 4.08. The lowest BCUT2D eigenvalue weighted by molar-refractivity contribution is -0.123. The van der Waals surface area contributed by atoms with Gasteiger partial charge in [-0.15, -0.1) is 0 Å². The van der Waals surface area contributed by atoms with Gasteiger partial charge in [-0.05, 0) is 44.5 Å². The van der Waals surface area contributed by atoms with Crippen molar-refractivity contribution in [3.8, 4) is 5.75 Å². The fourth-order valence-corrected chi connectivity index (χ4v) is 1.48. The van der Waals surface area contributed by atoms with Gasteiger partial charge in [-0.2, -0.15) is 0 Å². The number of benzene rings is 1. The number of hydrogen-bond acceptors (Lipinski definition) is 3. The molecule has 0 fully saturated rings. The van der Waals surface area contributed by atoms with Gasteiger partial charge in [-0.3, -0.25) is 4.79 Å². The van der Waals surface area contributed by atoms with Crippen LogP contribution >= 0.6 is 0 Å². The average Bonchev–Trinajstić information content (AvgIpc) is 2.25. The van der Waals surface area contributed by atoms with Crippen molar-refractivity contribution in [2.45, 2.75) is 26.8 Å². The highest BCUT2D eigenvalue weighted by molar-refractivity contribution is 5.89. The lowest BCUT2D eigenvalue weighted by Gasteiger charge is -2.10. The van der Waals surface area contributed by atoms with Crippen LogP contribution in [-0.2, 0) is 4.79 Å². The topological polar surface area (TPSA) is 75.6 Å². The molecule has 0 spiro atoms. The maximum absolute atomic E-state index is 11.4. The zero-order valence-corrected chi connectivity index (χ0v) is 10.7. The first-order chi connectivity index (χ1) is 8.40. The molecule has 0 atom stereocenters. The molecule has 5 heteroatoms. The molecule has 18 heavy (non-hydrogen) atoms. The van der Waals surface area contributed by atoms with Crippen molar-refractivity contribution in [2.24, 2.45) is 0 Å². The predicted molar refractivity (Wildman–Crippen MR) is 66.9 cm³/mol. The molecule has 0 aliphatic carbocycles. The molecule has 0 radical (unpaired) electrons. The number of carboxylic acids is 1. The Balaban J connectivity index is 2.61. The van der Waals surface area contributed by atoms with E-state index in [1.54, 1.807) is 19.1 Å². The standard InChI is InChI=1S/C13H17NO4/c1-8(2)14-12(15)7-18-10-4-5-11(13(16)17)9(3)6-10/h4-6,8H,7H2,1-3H3,(H,14,15)(H,16,17). The molecule has 1 aromatic carbocycles. The molecule has 1 rings (SSSR count). The Morgan fingerprint density at radius 3 is 2.56 bits per heavy atom. The molecule has 5 nitrogen and oxygen atoms in total. The van der Waals surface area contributed by atoms with Crippen LogP contribution in [0.25, 0.3) is 0 Å². The van der Waals surface area contributed by atoms with Gasteiger partial charge in [0.05, 0.1) is 5.56 Å². The quantitative estimate of drug-likeness (QED) is 0.833. The first kappa shape index (κ1) is 14.0. The molecule has 2 N–H and O–H groups in total. The Kier molecular flexibility index (Phi) is 4.71. The van der Waals surface area contributed by atoms with E-state index in [0.29, 0.717) is 11.3 Å². The number of rotatable bonds is 5. The van der Waals surface area contributed by atoms with Crippen molar-refractivity contribution >= 4 is 11.9 Å². The van der Waals surface area contributed by atoms with Gasteiger partial charge in [0.15, 0.2) is 6.61 Å². The van der Waals surface area contributed by atoms with Gasteiger partial charge in [0, 0.05) is 6.04 Å². The Labute approximate surface area is 106 Å². The summed E-state index contributed by atoms with van der Waals surface area (Å²) < 4.78 is 5.28. The van der Waals surface area contributed by atoms with Crippen molar-refractivity contribution in [2.75, 3.05) is 6.61 Å². The highest BCUT2D eigenvalue weighted by Crippen LogP contribution is 2.17. The summed E-state index contributed by atoms with van der Waals surface area (Å²) in [7, 11) is 0. The summed E-state index contributed by atoms with van der Waals surface area (Å²) in [5.74, 6) is -0.696. The highest BCUT2D eigenvalue weighted by Gasteiger charge is 2.09. The van der Waals surface area contributed by atoms with Crippen LogP contribution in [-0.4, -0.2) is 29.6 Å². The van der Waals surface area contributed by atoms with Crippen LogP contribution in [0.1, 0.15) is 29.8 Å². The van der Waals surface area contributed by atoms with Crippen LogP contribution in [0.4, 0.5) is 0 Å². The van der Waals surface area contributed by atoms with E-state index in [4.69, 9.17) is 9.84 Å². The molecular weight excluding hydrogens is 234 g/mol. The molecule has 98 valence electrons. The number of carbonyl (C=O) groups excluding carboxylic acids is 1. The summed E-state index contributed by atoms with van der Waals surface area (Å²) in [5, 5.41) is 11.6. The zero-order chi connectivity index (χ0) is 13.7. The number of ether oxygens (including phenoxy) is 1. The van der Waals surface area contributed by atoms with Crippen LogP contribution in [0.5, 0.6) is 5.75 Å². The van der Waals surface area contributed by atoms with Crippen molar-refractivity contribution in [3.05, 3.63) is 29.3 Å². The van der Waals surface area contributed by atoms with Gasteiger partial charge in [-0.25, -0.2) is 4.79 Å². The Morgan fingerprint density at radius 1 is 1.39 bits per heavy atom. The minimum Gasteiger partial charge on any atom is -0.484 e. The SMILES string of the molecule is Cc1cc(OCC(=O)NC(C)C)ccc1C(=O)O. The molecule has 0 heterocycles. The molecule has 0 bridgehead atoms. The summed E-state index contributed by atoms with van der Waals surface area (Å²) in [6, 6.07) is 4.68. The van der Waals surface area contributed by atoms with E-state index >= 15 is 0 Å². The molecule has 0 aromatic heterocycles. The van der Waals surface area contributed by atoms with E-state index in [2.05, 4.69) is 5.32 Å². The monoisotopic (exact) mass is 251 g/mol. The summed E-state index contributed by atoms with van der Waals surface area (Å²) in [6.07, 6.45) is 0.